The molecule has 0 fully saturated rings. The van der Waals surface area contributed by atoms with E-state index in [1.165, 1.54) is 24.3 Å². The molecule has 0 bridgehead atoms. The first-order chi connectivity index (χ1) is 14.3. The molecule has 2 nitrogen and oxygen atoms in total. The predicted molar refractivity (Wildman–Crippen MR) is 112 cm³/mol. The summed E-state index contributed by atoms with van der Waals surface area (Å²) >= 11 is 1.08. The number of carbonyl (C=O) groups excluding carboxylic acids is 1. The van der Waals surface area contributed by atoms with Gasteiger partial charge < -0.3 is 5.32 Å². The van der Waals surface area contributed by atoms with Crippen LogP contribution in [0, 0.1) is 5.82 Å². The third-order valence-corrected chi connectivity index (χ3v) is 5.92. The largest absolute Gasteiger partial charge is 0.416 e. The fraction of sp³-hybridized carbons (Fsp3) is 0.0870. The van der Waals surface area contributed by atoms with Gasteiger partial charge in [-0.05, 0) is 40.6 Å². The molecule has 0 atom stereocenters. The normalized spacial score (nSPS) is 16.0. The van der Waals surface area contributed by atoms with Crippen LogP contribution in [0.25, 0.3) is 22.4 Å². The van der Waals surface area contributed by atoms with Crippen molar-refractivity contribution in [3.63, 3.8) is 0 Å². The van der Waals surface area contributed by atoms with Gasteiger partial charge in [0.15, 0.2) is 0 Å². The van der Waals surface area contributed by atoms with Crippen LogP contribution in [-0.4, -0.2) is 12.8 Å². The fourth-order valence-corrected chi connectivity index (χ4v) is 4.37. The van der Waals surface area contributed by atoms with Gasteiger partial charge in [0.2, 0.25) is 5.78 Å². The molecule has 152 valence electrons. The van der Waals surface area contributed by atoms with E-state index in [1.807, 2.05) is 12.1 Å². The Hall–Kier alpha value is -3.06. The average molecular weight is 429 g/mol. The number of Topliss-reactive ketones (excluding diaryl/α,β-unsaturated/α-hetero) is 1. The van der Waals surface area contributed by atoms with Crippen molar-refractivity contribution in [3.8, 4) is 0 Å². The van der Waals surface area contributed by atoms with Gasteiger partial charge in [-0.15, -0.1) is 0 Å². The SMILES string of the molecule is CNC1=C(c2cccc(C(F)(F)F)c2)C(=O)C(=Cc2c(F)ccc3ccccc23)S1. The van der Waals surface area contributed by atoms with E-state index in [-0.39, 0.29) is 21.6 Å². The second kappa shape index (κ2) is 7.65. The Morgan fingerprint density at radius 1 is 1.00 bits per heavy atom. The summed E-state index contributed by atoms with van der Waals surface area (Å²) in [6.45, 7) is 0. The number of fused-ring (bicyclic) bond motifs is 1. The van der Waals surface area contributed by atoms with Crippen molar-refractivity contribution < 1.29 is 22.4 Å². The number of thioether (sulfide) groups is 1. The zero-order valence-corrected chi connectivity index (χ0v) is 16.5. The van der Waals surface area contributed by atoms with Crippen molar-refractivity contribution in [2.45, 2.75) is 6.18 Å². The zero-order valence-electron chi connectivity index (χ0n) is 15.7. The summed E-state index contributed by atoms with van der Waals surface area (Å²) < 4.78 is 53.9. The highest BCUT2D eigenvalue weighted by Crippen LogP contribution is 2.43. The van der Waals surface area contributed by atoms with Gasteiger partial charge in [0.05, 0.1) is 21.1 Å². The highest BCUT2D eigenvalue weighted by molar-refractivity contribution is 8.08. The first-order valence-electron chi connectivity index (χ1n) is 9.01. The van der Waals surface area contributed by atoms with E-state index in [2.05, 4.69) is 5.32 Å². The third-order valence-electron chi connectivity index (χ3n) is 4.79. The molecule has 7 heteroatoms. The number of allylic oxidation sites excluding steroid dienone is 2. The smallest absolute Gasteiger partial charge is 0.382 e. The Morgan fingerprint density at radius 2 is 1.77 bits per heavy atom. The Morgan fingerprint density at radius 3 is 2.50 bits per heavy atom. The van der Waals surface area contributed by atoms with Crippen LogP contribution in [0.4, 0.5) is 17.6 Å². The van der Waals surface area contributed by atoms with Crippen LogP contribution in [0.1, 0.15) is 16.7 Å². The van der Waals surface area contributed by atoms with Crippen LogP contribution >= 0.6 is 11.8 Å². The van der Waals surface area contributed by atoms with Gasteiger partial charge in [-0.3, -0.25) is 4.79 Å². The second-order valence-corrected chi connectivity index (χ2v) is 7.71. The lowest BCUT2D eigenvalue weighted by Gasteiger charge is -2.10. The molecular weight excluding hydrogens is 414 g/mol. The summed E-state index contributed by atoms with van der Waals surface area (Å²) in [6, 6.07) is 14.8. The van der Waals surface area contributed by atoms with Crippen LogP contribution in [0.15, 0.2) is 70.6 Å². The predicted octanol–water partition coefficient (Wildman–Crippen LogP) is 6.24. The molecule has 0 saturated carbocycles. The van der Waals surface area contributed by atoms with Crippen LogP contribution in [-0.2, 0) is 11.0 Å². The van der Waals surface area contributed by atoms with Crippen molar-refractivity contribution in [1.82, 2.24) is 5.32 Å². The van der Waals surface area contributed by atoms with Gasteiger partial charge >= 0.3 is 6.18 Å². The maximum atomic E-state index is 14.6. The van der Waals surface area contributed by atoms with Gasteiger partial charge in [-0.2, -0.15) is 13.2 Å². The molecule has 0 aliphatic carbocycles. The summed E-state index contributed by atoms with van der Waals surface area (Å²) in [6.07, 6.45) is -3.06. The van der Waals surface area contributed by atoms with E-state index < -0.39 is 23.3 Å². The Bertz CT molecular complexity index is 1230. The minimum Gasteiger partial charge on any atom is -0.382 e. The fourth-order valence-electron chi connectivity index (χ4n) is 3.36. The van der Waals surface area contributed by atoms with Crippen molar-refractivity contribution in [1.29, 1.82) is 0 Å². The lowest BCUT2D eigenvalue weighted by Crippen LogP contribution is -2.08. The number of halogens is 4. The molecule has 4 rings (SSSR count). The minimum absolute atomic E-state index is 0.139. The number of hydrogen-bond acceptors (Lipinski definition) is 3. The van der Waals surface area contributed by atoms with Gasteiger partial charge in [-0.1, -0.05) is 54.2 Å². The summed E-state index contributed by atoms with van der Waals surface area (Å²) in [7, 11) is 1.59. The van der Waals surface area contributed by atoms with E-state index in [0.717, 1.165) is 29.3 Å². The quantitative estimate of drug-likeness (QED) is 0.395. The number of hydrogen-bond donors (Lipinski definition) is 1. The van der Waals surface area contributed by atoms with Gasteiger partial charge in [0.25, 0.3) is 0 Å². The molecule has 0 saturated heterocycles. The van der Waals surface area contributed by atoms with E-state index in [0.29, 0.717) is 10.4 Å². The van der Waals surface area contributed by atoms with Crippen molar-refractivity contribution in [3.05, 3.63) is 93.1 Å². The monoisotopic (exact) mass is 429 g/mol. The van der Waals surface area contributed by atoms with Crippen LogP contribution in [0.3, 0.4) is 0 Å². The van der Waals surface area contributed by atoms with E-state index in [4.69, 9.17) is 0 Å². The molecule has 0 spiro atoms. The van der Waals surface area contributed by atoms with Crippen molar-refractivity contribution >= 4 is 40.0 Å². The molecule has 0 radical (unpaired) electrons. The molecule has 0 unspecified atom stereocenters. The van der Waals surface area contributed by atoms with Gasteiger partial charge in [0, 0.05) is 12.6 Å². The molecule has 0 amide bonds. The number of ketones is 1. The Labute approximate surface area is 174 Å². The summed E-state index contributed by atoms with van der Waals surface area (Å²) in [5.74, 6) is -0.927. The molecule has 0 aromatic heterocycles. The van der Waals surface area contributed by atoms with Crippen molar-refractivity contribution in [2.75, 3.05) is 7.05 Å². The summed E-state index contributed by atoms with van der Waals surface area (Å²) in [5.41, 5.74) is -0.267. The highest BCUT2D eigenvalue weighted by Gasteiger charge is 2.34. The molecule has 3 aromatic rings. The average Bonchev–Trinajstić information content (AvgIpc) is 3.05. The molecule has 1 aliphatic heterocycles. The summed E-state index contributed by atoms with van der Waals surface area (Å²) in [5, 5.41) is 4.77. The lowest BCUT2D eigenvalue weighted by atomic mass is 9.98. The van der Waals surface area contributed by atoms with Crippen LogP contribution in [0.2, 0.25) is 0 Å². The molecular formula is C23H15F4NOS. The maximum absolute atomic E-state index is 14.6. The molecule has 1 aliphatic rings. The minimum atomic E-state index is -4.52. The lowest BCUT2D eigenvalue weighted by molar-refractivity contribution is -0.137. The van der Waals surface area contributed by atoms with E-state index in [1.54, 1.807) is 25.2 Å². The van der Waals surface area contributed by atoms with Crippen LogP contribution in [0.5, 0.6) is 0 Å². The maximum Gasteiger partial charge on any atom is 0.416 e. The molecule has 1 heterocycles. The van der Waals surface area contributed by atoms with Crippen LogP contribution < -0.4 is 5.32 Å². The van der Waals surface area contributed by atoms with E-state index in [9.17, 15) is 22.4 Å². The first kappa shape index (κ1) is 20.2. The number of benzene rings is 3. The Balaban J connectivity index is 1.80. The topological polar surface area (TPSA) is 29.1 Å². The third kappa shape index (κ3) is 3.61. The summed E-state index contributed by atoms with van der Waals surface area (Å²) in [4.78, 5) is 13.3. The highest BCUT2D eigenvalue weighted by atomic mass is 32.2. The van der Waals surface area contributed by atoms with Gasteiger partial charge in [-0.25, -0.2) is 4.39 Å². The second-order valence-electron chi connectivity index (χ2n) is 6.65. The van der Waals surface area contributed by atoms with E-state index >= 15 is 0 Å². The molecule has 3 aromatic carbocycles. The van der Waals surface area contributed by atoms with Gasteiger partial charge in [0.1, 0.15) is 5.82 Å². The number of carbonyl (C=O) groups is 1. The standard InChI is InChI=1S/C23H15F4NOS/c1-28-22-20(14-6-4-7-15(11-14)23(25,26)27)21(29)19(30-22)12-17-16-8-3-2-5-13(16)9-10-18(17)24/h2-12,28H,1H3. The molecule has 1 N–H and O–H groups in total. The Kier molecular flexibility index (Phi) is 5.15. The number of alkyl halides is 3. The molecule has 30 heavy (non-hydrogen) atoms. The van der Waals surface area contributed by atoms with Crippen molar-refractivity contribution in [2.24, 2.45) is 0 Å². The first-order valence-corrected chi connectivity index (χ1v) is 9.82. The number of nitrogens with one attached hydrogen (secondary N) is 1. The number of rotatable bonds is 3. The zero-order chi connectivity index (χ0) is 21.5.